The van der Waals surface area contributed by atoms with Crippen molar-refractivity contribution in [1.29, 1.82) is 0 Å². The van der Waals surface area contributed by atoms with E-state index in [-0.39, 0.29) is 164 Å². The molecule has 0 saturated heterocycles. The van der Waals surface area contributed by atoms with Gasteiger partial charge in [-0.1, -0.05) is 234 Å². The maximum Gasteiger partial charge on any atom is 0.164 e. The molecule has 5 heterocycles. The van der Waals surface area contributed by atoms with Crippen LogP contribution in [0.2, 0.25) is 0 Å². The molecule has 5 radical (unpaired) electrons. The van der Waals surface area contributed by atoms with Crippen LogP contribution in [0.5, 0.6) is 0 Å². The van der Waals surface area contributed by atoms with Crippen molar-refractivity contribution in [3.05, 3.63) is 384 Å². The Morgan fingerprint density at radius 3 is 1.16 bits per heavy atom. The molecule has 0 spiro atoms. The molecule has 0 amide bonds. The fourth-order valence-corrected chi connectivity index (χ4v) is 13.9. The van der Waals surface area contributed by atoms with Crippen molar-refractivity contribution in [3.8, 4) is 45.0 Å². The van der Waals surface area contributed by atoms with Crippen molar-refractivity contribution < 1.29 is 150 Å². The fraction of sp³-hybridized carbons (Fsp3) is 0.254. The van der Waals surface area contributed by atoms with E-state index in [2.05, 4.69) is 212 Å². The maximum absolute atomic E-state index is 11.5. The van der Waals surface area contributed by atoms with Gasteiger partial charge < -0.3 is 30.5 Å². The van der Waals surface area contributed by atoms with Crippen LogP contribution in [0.4, 0.5) is 0 Å². The summed E-state index contributed by atoms with van der Waals surface area (Å²) >= 11 is 0. The molecule has 0 aliphatic rings. The van der Waals surface area contributed by atoms with Crippen LogP contribution in [-0.2, 0) is 144 Å². The Hall–Kier alpha value is -11.8. The van der Waals surface area contributed by atoms with E-state index >= 15 is 0 Å². The van der Waals surface area contributed by atoms with Gasteiger partial charge in [0.2, 0.25) is 0 Å². The van der Waals surface area contributed by atoms with E-state index in [1.807, 2.05) is 193 Å². The number of carbonyl (C=O) groups is 5. The zero-order chi connectivity index (χ0) is 102. The summed E-state index contributed by atoms with van der Waals surface area (Å²) in [4.78, 5) is 80.3. The van der Waals surface area contributed by atoms with Crippen molar-refractivity contribution in [2.24, 2.45) is 28.6 Å². The molecule has 11 aromatic carbocycles. The Morgan fingerprint density at radius 2 is 0.741 bits per heavy atom. The molecule has 759 valence electrons. The van der Waals surface area contributed by atoms with Crippen LogP contribution in [0, 0.1) is 79.7 Å². The Balaban J connectivity index is 0.000000554. The number of allylic oxidation sites excluding steroid dienone is 10. The number of para-hydroxylation sites is 3. The Labute approximate surface area is 913 Å². The molecule has 5 aromatic heterocycles. The third-order valence-electron chi connectivity index (χ3n) is 20.1. The van der Waals surface area contributed by atoms with E-state index in [9.17, 15) is 29.1 Å². The van der Waals surface area contributed by atoms with Gasteiger partial charge in [-0.05, 0) is 191 Å². The molecule has 21 heteroatoms. The quantitative estimate of drug-likeness (QED) is 0.0276. The van der Waals surface area contributed by atoms with E-state index < -0.39 is 5.41 Å². The van der Waals surface area contributed by atoms with Crippen LogP contribution in [0.1, 0.15) is 172 Å². The van der Waals surface area contributed by atoms with Crippen LogP contribution >= 0.6 is 0 Å². The SMILES string of the molecule is CC(=O)C=C(C)O.CC(=O)C=C(C)O.CC(=O)C=C(C)O.CC(=O)C=C(C)O.CC(C)(C)C(=O)C=C(O)C(C)(C)C.CC(C)Cc1[c-]c2c(cc1)c1ccc(CC(C)C)cc1c1nc(CC(C)C)cnc21.Cc1cc2ccccc2nc1-c1[c-]cccc1.Cc1cc[c-]c(-c2ccc3ccc(C)cc3n2)c1.[Ir].[Ir].[Ir].[Ir].[Ir].[c-]1ccccc1-c1ccc2ccccc2n1.[c-]1ccccc1-c1ccc2ccccc2n1. The first-order valence-corrected chi connectivity index (χ1v) is 46.2. The van der Waals surface area contributed by atoms with E-state index in [1.54, 1.807) is 0 Å². The molecule has 16 aromatic rings. The number of nitrogens with zero attached hydrogens (tertiary/aromatic N) is 6. The third-order valence-corrected chi connectivity index (χ3v) is 20.1. The number of aryl methyl sites for hydroxylation is 3. The molecule has 0 aliphatic carbocycles. The molecule has 0 atom stereocenters. The molecular weight excluding hydrogens is 2670 g/mol. The zero-order valence-corrected chi connectivity index (χ0v) is 97.7. The number of aliphatic hydroxyl groups is 5. The average Bonchev–Trinajstić information content (AvgIpc) is 0.735. The van der Waals surface area contributed by atoms with Gasteiger partial charge in [0, 0.05) is 153 Å². The number of carbonyl (C=O) groups excluding carboxylic acids is 5. The van der Waals surface area contributed by atoms with Gasteiger partial charge in [-0.15, -0.1) is 172 Å². The number of rotatable bonds is 15. The average molecular weight is 2800 g/mol. The van der Waals surface area contributed by atoms with E-state index in [0.717, 1.165) is 108 Å². The maximum atomic E-state index is 11.5. The number of aliphatic hydroxyl groups excluding tert-OH is 5. The van der Waals surface area contributed by atoms with Crippen LogP contribution in [0.15, 0.2) is 320 Å². The first-order chi connectivity index (χ1) is 65.3. The minimum atomic E-state index is -0.417. The molecular formula is C122H131Ir5N6O10-5. The smallest absolute Gasteiger partial charge is 0.164 e. The van der Waals surface area contributed by atoms with Crippen LogP contribution < -0.4 is 0 Å². The van der Waals surface area contributed by atoms with Gasteiger partial charge in [-0.2, -0.15) is 0 Å². The van der Waals surface area contributed by atoms with Gasteiger partial charge in [-0.3, -0.25) is 48.9 Å². The second-order valence-electron chi connectivity index (χ2n) is 37.1. The normalized spacial score (nSPS) is 11.1. The molecule has 0 aliphatic heterocycles. The number of aromatic nitrogens is 6. The van der Waals surface area contributed by atoms with Crippen LogP contribution in [-0.4, -0.2) is 84.4 Å². The summed E-state index contributed by atoms with van der Waals surface area (Å²) in [6, 6.07) is 103. The number of pyridine rings is 4. The molecule has 5 N–H and O–H groups in total. The van der Waals surface area contributed by atoms with Gasteiger partial charge in [0.25, 0.3) is 0 Å². The molecule has 0 unspecified atom stereocenters. The topological polar surface area (TPSA) is 264 Å². The number of hydrogen-bond donors (Lipinski definition) is 5. The van der Waals surface area contributed by atoms with Gasteiger partial charge in [0.15, 0.2) is 28.9 Å². The monoisotopic (exact) mass is 2800 g/mol. The van der Waals surface area contributed by atoms with Crippen molar-refractivity contribution in [1.82, 2.24) is 29.9 Å². The van der Waals surface area contributed by atoms with Crippen molar-refractivity contribution in [2.75, 3.05) is 0 Å². The Morgan fingerprint density at radius 1 is 0.343 bits per heavy atom. The first kappa shape index (κ1) is 127. The predicted molar refractivity (Wildman–Crippen MR) is 570 cm³/mol. The van der Waals surface area contributed by atoms with Crippen molar-refractivity contribution in [3.63, 3.8) is 0 Å². The van der Waals surface area contributed by atoms with Gasteiger partial charge >= 0.3 is 0 Å². The van der Waals surface area contributed by atoms with E-state index in [0.29, 0.717) is 17.8 Å². The summed E-state index contributed by atoms with van der Waals surface area (Å²) < 4.78 is 0. The summed E-state index contributed by atoms with van der Waals surface area (Å²) in [6.07, 6.45) is 11.0. The third kappa shape index (κ3) is 45.0. The van der Waals surface area contributed by atoms with Gasteiger partial charge in [-0.25, -0.2) is 0 Å². The van der Waals surface area contributed by atoms with E-state index in [1.165, 1.54) is 151 Å². The second kappa shape index (κ2) is 63.4. The Bertz CT molecular complexity index is 6750. The molecule has 0 fully saturated rings. The Kier molecular flexibility index (Phi) is 56.4. The van der Waals surface area contributed by atoms with Crippen LogP contribution in [0.3, 0.4) is 0 Å². The fourth-order valence-electron chi connectivity index (χ4n) is 13.9. The summed E-state index contributed by atoms with van der Waals surface area (Å²) in [7, 11) is 0. The summed E-state index contributed by atoms with van der Waals surface area (Å²) in [5.41, 5.74) is 20.8. The predicted octanol–water partition coefficient (Wildman–Crippen LogP) is 30.3. The van der Waals surface area contributed by atoms with Crippen LogP contribution in [0.25, 0.3) is 121 Å². The van der Waals surface area contributed by atoms with Crippen molar-refractivity contribution >= 4 is 105 Å². The first-order valence-electron chi connectivity index (χ1n) is 46.2. The summed E-state index contributed by atoms with van der Waals surface area (Å²) in [6.45, 7) is 42.3. The number of ketones is 5. The molecule has 16 rings (SSSR count). The number of hydrogen-bond acceptors (Lipinski definition) is 16. The standard InChI is InChI=1S/C28H33N2.C17H14N.C16H12N.2C15H10N.C11H20O2.4C5H8O2.5Ir/c1-17(2)11-20-7-9-23-24-10-8-21(12-18(3)4)15-26(24)28-27(25(23)14-20)29-16-22(30-28)13-19(5)6;1-12-4-3-5-15(10-12)16-9-8-14-7-6-13(2)11-17(14)18-16;1-12-11-14-9-5-6-10-15(14)17-16(12)13-7-3-2-4-8-13;2*1-2-6-12(7-3-1)15-11-10-13-8-4-5-9-14(13)16-15;1-10(2,3)8(12)7-9(13)11(4,5)6;4*1-4(6)3-5(2)7;;;;;/h7-10,15-19H,11-13H2,1-6H3;3-4,6-11H,1-2H3;2-7,9-11H,1H3;2*1-6,8-11H;7,12H,1-6H3;4*3,6H,1-2H3;;;;;/q5*-1;;;;;;;;;;. The second-order valence-corrected chi connectivity index (χ2v) is 37.1. The van der Waals surface area contributed by atoms with E-state index in [4.69, 9.17) is 40.4 Å². The van der Waals surface area contributed by atoms with Gasteiger partial charge in [0.1, 0.15) is 5.76 Å². The molecule has 0 bridgehead atoms. The zero-order valence-electron chi connectivity index (χ0n) is 85.7. The van der Waals surface area contributed by atoms with Crippen molar-refractivity contribution in [2.45, 2.75) is 179 Å². The number of fused-ring (bicyclic) bond motifs is 10. The summed E-state index contributed by atoms with van der Waals surface area (Å²) in [5.74, 6) is 1.65. The largest absolute Gasteiger partial charge is 0.512 e. The summed E-state index contributed by atoms with van der Waals surface area (Å²) in [5, 5.41) is 52.5. The minimum Gasteiger partial charge on any atom is -0.512 e. The minimum absolute atomic E-state index is 0. The number of benzene rings is 11. The molecule has 16 nitrogen and oxygen atoms in total. The van der Waals surface area contributed by atoms with Gasteiger partial charge in [0.05, 0.1) is 56.3 Å². The molecule has 143 heavy (non-hydrogen) atoms. The molecule has 0 saturated carbocycles.